The van der Waals surface area contributed by atoms with E-state index >= 15 is 0 Å². The molecule has 8 aliphatic heterocycles. The van der Waals surface area contributed by atoms with Gasteiger partial charge in [-0.3, -0.25) is 0 Å². The van der Waals surface area contributed by atoms with Crippen molar-refractivity contribution in [3.8, 4) is 0 Å². The zero-order chi connectivity index (χ0) is 40.9. The van der Waals surface area contributed by atoms with Crippen LogP contribution in [0, 0.1) is 0 Å². The molecule has 0 saturated heterocycles. The van der Waals surface area contributed by atoms with Crippen LogP contribution in [0.4, 0.5) is 0 Å². The molecule has 0 radical (unpaired) electrons. The van der Waals surface area contributed by atoms with Crippen LogP contribution in [0.2, 0.25) is 0 Å². The fourth-order valence-electron chi connectivity index (χ4n) is 3.75. The Morgan fingerprint density at radius 2 is 1.29 bits per heavy atom. The molecule has 0 atom stereocenters. The number of thioether (sulfide) groups is 4. The lowest BCUT2D eigenvalue weighted by Gasteiger charge is -2.07. The molecule has 0 aromatic heterocycles. The van der Waals surface area contributed by atoms with Gasteiger partial charge in [0.25, 0.3) is 0 Å². The molecule has 12 heteroatoms. The molecule has 0 amide bonds. The second-order valence-electron chi connectivity index (χ2n) is 11.6. The molecule has 0 aliphatic carbocycles. The van der Waals surface area contributed by atoms with E-state index in [1.54, 1.807) is 47.0 Å². The summed E-state index contributed by atoms with van der Waals surface area (Å²) < 4.78 is 0. The van der Waals surface area contributed by atoms with E-state index in [1.165, 1.54) is 0 Å². The van der Waals surface area contributed by atoms with Gasteiger partial charge in [0.15, 0.2) is 0 Å². The minimum atomic E-state index is 0.936. The van der Waals surface area contributed by atoms with Crippen molar-refractivity contribution in [1.82, 2.24) is 42.5 Å². The first-order valence-corrected chi connectivity index (χ1v) is 22.1. The standard InChI is InChI=1S/3C6H9N.C6H7N.4C5H7NS/c4*1-6-4-2-3-5-7-6;1-5-4-7-3-2-6-5;1-5-2-3-7-4-6-5;2*1-5-6-3-2-4-7-5/h3,5,7H,1-2,4H2;2,4,7H,1,3,5H2;2-3,7H,1,4-5H2;2-5,7H,1H2;2*2-3,6H,1,4H2;2,4,6H,1,3H2;2-3,6H,1,4H2. The molecular formula is C44H62N8S4. The first kappa shape index (κ1) is 49.4. The first-order valence-electron chi connectivity index (χ1n) is 18.1. The Labute approximate surface area is 355 Å². The van der Waals surface area contributed by atoms with Crippen molar-refractivity contribution in [2.24, 2.45) is 0 Å². The summed E-state index contributed by atoms with van der Waals surface area (Å²) in [5, 5.41) is 32.4. The molecule has 0 bridgehead atoms. The van der Waals surface area contributed by atoms with E-state index in [0.29, 0.717) is 0 Å². The van der Waals surface area contributed by atoms with Crippen LogP contribution < -0.4 is 42.5 Å². The average Bonchev–Trinajstić information content (AvgIpc) is 3.22. The van der Waals surface area contributed by atoms with Crippen LogP contribution in [0.25, 0.3) is 0 Å². The summed E-state index contributed by atoms with van der Waals surface area (Å²) in [5.41, 5.74) is 6.34. The summed E-state index contributed by atoms with van der Waals surface area (Å²) in [5.74, 6) is 3.04. The molecule has 0 spiro atoms. The van der Waals surface area contributed by atoms with Crippen LogP contribution >= 0.6 is 47.0 Å². The van der Waals surface area contributed by atoms with Gasteiger partial charge in [-0.05, 0) is 72.2 Å². The Kier molecular flexibility index (Phi) is 30.7. The fourth-order valence-corrected chi connectivity index (χ4v) is 5.99. The van der Waals surface area contributed by atoms with E-state index in [0.717, 1.165) is 107 Å². The quantitative estimate of drug-likeness (QED) is 0.112. The van der Waals surface area contributed by atoms with Gasteiger partial charge in [-0.15, -0.1) is 35.3 Å². The molecule has 8 nitrogen and oxygen atoms in total. The van der Waals surface area contributed by atoms with Crippen molar-refractivity contribution in [3.63, 3.8) is 0 Å². The minimum absolute atomic E-state index is 0.936. The lowest BCUT2D eigenvalue weighted by molar-refractivity contribution is 0.799. The lowest BCUT2D eigenvalue weighted by atomic mass is 10.2. The molecule has 8 rings (SSSR count). The Hall–Kier alpha value is -4.62. The topological polar surface area (TPSA) is 96.2 Å². The van der Waals surface area contributed by atoms with Gasteiger partial charge in [0, 0.05) is 84.1 Å². The molecule has 8 aliphatic rings. The molecule has 0 unspecified atom stereocenters. The number of nitrogens with one attached hydrogen (secondary N) is 8. The maximum absolute atomic E-state index is 3.75. The van der Waals surface area contributed by atoms with Crippen LogP contribution in [-0.2, 0) is 0 Å². The predicted octanol–water partition coefficient (Wildman–Crippen LogP) is 9.90. The highest BCUT2D eigenvalue weighted by Crippen LogP contribution is 2.14. The first-order chi connectivity index (χ1) is 27.2. The van der Waals surface area contributed by atoms with Gasteiger partial charge in [-0.1, -0.05) is 107 Å². The third-order valence-corrected chi connectivity index (χ3v) is 9.74. The van der Waals surface area contributed by atoms with Crippen molar-refractivity contribution in [2.75, 3.05) is 37.0 Å². The fraction of sp³-hybridized carbons (Fsp3) is 0.227. The largest absolute Gasteiger partial charge is 0.385 e. The van der Waals surface area contributed by atoms with Crippen molar-refractivity contribution < 1.29 is 0 Å². The second-order valence-corrected chi connectivity index (χ2v) is 15.5. The predicted molar refractivity (Wildman–Crippen MR) is 258 cm³/mol. The highest BCUT2D eigenvalue weighted by Gasteiger charge is 1.95. The zero-order valence-electron chi connectivity index (χ0n) is 32.8. The number of hydrogen-bond donors (Lipinski definition) is 8. The number of dihydropyridines is 1. The Bertz CT molecular complexity index is 1370. The number of allylic oxidation sites excluding steroid dienone is 8. The summed E-state index contributed by atoms with van der Waals surface area (Å²) in [4.78, 5) is 0. The molecule has 302 valence electrons. The van der Waals surface area contributed by atoms with Crippen LogP contribution in [-0.4, -0.2) is 37.0 Å². The summed E-state index contributed by atoms with van der Waals surface area (Å²) in [7, 11) is 0. The summed E-state index contributed by atoms with van der Waals surface area (Å²) in [6.45, 7) is 32.7. The monoisotopic (exact) mass is 830 g/mol. The summed E-state index contributed by atoms with van der Waals surface area (Å²) in [6, 6.07) is 0. The normalized spacial score (nSPS) is 18.9. The zero-order valence-corrected chi connectivity index (χ0v) is 36.0. The Morgan fingerprint density at radius 1 is 0.500 bits per heavy atom. The van der Waals surface area contributed by atoms with Gasteiger partial charge in [0.1, 0.15) is 0 Å². The van der Waals surface area contributed by atoms with Crippen LogP contribution in [0.1, 0.15) is 25.7 Å². The van der Waals surface area contributed by atoms with E-state index < -0.39 is 0 Å². The van der Waals surface area contributed by atoms with Crippen LogP contribution in [0.15, 0.2) is 205 Å². The Morgan fingerprint density at radius 3 is 1.57 bits per heavy atom. The van der Waals surface area contributed by atoms with Gasteiger partial charge < -0.3 is 42.5 Å². The summed E-state index contributed by atoms with van der Waals surface area (Å²) in [6.07, 6.45) is 34.3. The smallest absolute Gasteiger partial charge is 0.0653 e. The molecule has 0 fully saturated rings. The lowest BCUT2D eigenvalue weighted by Crippen LogP contribution is -2.14. The molecule has 56 heavy (non-hydrogen) atoms. The minimum Gasteiger partial charge on any atom is -0.385 e. The van der Waals surface area contributed by atoms with Gasteiger partial charge in [-0.25, -0.2) is 0 Å². The molecule has 0 aromatic rings. The van der Waals surface area contributed by atoms with Crippen molar-refractivity contribution >= 4 is 47.0 Å². The van der Waals surface area contributed by atoms with Gasteiger partial charge in [-0.2, -0.15) is 0 Å². The highest BCUT2D eigenvalue weighted by atomic mass is 32.2. The molecular weight excluding hydrogens is 769 g/mol. The molecule has 8 N–H and O–H groups in total. The van der Waals surface area contributed by atoms with Gasteiger partial charge in [0.05, 0.1) is 15.9 Å². The van der Waals surface area contributed by atoms with Gasteiger partial charge >= 0.3 is 0 Å². The third kappa shape index (κ3) is 32.8. The molecule has 8 heterocycles. The van der Waals surface area contributed by atoms with E-state index in [2.05, 4.69) is 132 Å². The SMILES string of the molecule is C=C1C=CC=CN1.C=C1C=CCCN1.C=C1C=CSCN1.C=C1CC=CCN1.C=C1CCC=CN1.C=C1CSC=CN1.C=C1NC=CCS1.C=C1NCC=CS1. The highest BCUT2D eigenvalue weighted by molar-refractivity contribution is 8.05. The number of hydrogen-bond acceptors (Lipinski definition) is 12. The number of rotatable bonds is 0. The summed E-state index contributed by atoms with van der Waals surface area (Å²) >= 11 is 6.86. The van der Waals surface area contributed by atoms with E-state index in [-0.39, 0.29) is 0 Å². The van der Waals surface area contributed by atoms with Crippen molar-refractivity contribution in [3.05, 3.63) is 205 Å². The second kappa shape index (κ2) is 34.8. The van der Waals surface area contributed by atoms with Crippen molar-refractivity contribution in [2.45, 2.75) is 25.7 Å². The van der Waals surface area contributed by atoms with E-state index in [1.807, 2.05) is 71.4 Å². The Balaban J connectivity index is 0.000000320. The van der Waals surface area contributed by atoms with Crippen molar-refractivity contribution in [1.29, 1.82) is 0 Å². The third-order valence-electron chi connectivity index (χ3n) is 6.67. The average molecular weight is 831 g/mol. The van der Waals surface area contributed by atoms with E-state index in [9.17, 15) is 0 Å². The molecule has 0 aromatic carbocycles. The van der Waals surface area contributed by atoms with Crippen LogP contribution in [0.5, 0.6) is 0 Å². The maximum atomic E-state index is 3.75. The molecule has 0 saturated carbocycles. The van der Waals surface area contributed by atoms with Crippen LogP contribution in [0.3, 0.4) is 0 Å². The van der Waals surface area contributed by atoms with Gasteiger partial charge in [0.2, 0.25) is 0 Å². The maximum Gasteiger partial charge on any atom is 0.0653 e. The van der Waals surface area contributed by atoms with E-state index in [4.69, 9.17) is 0 Å².